The van der Waals surface area contributed by atoms with Crippen LogP contribution in [0.3, 0.4) is 0 Å². The Balaban J connectivity index is 2.01. The Morgan fingerprint density at radius 3 is 2.50 bits per heavy atom. The molecular weight excluding hydrogens is 216 g/mol. The number of hydrogen-bond acceptors (Lipinski definition) is 1. The Kier molecular flexibility index (Phi) is 5.24. The molecule has 2 heteroatoms. The van der Waals surface area contributed by atoms with Crippen molar-refractivity contribution in [3.63, 3.8) is 0 Å². The van der Waals surface area contributed by atoms with Crippen LogP contribution in [0.15, 0.2) is 0 Å². The van der Waals surface area contributed by atoms with Crippen LogP contribution in [0.2, 0.25) is 0 Å². The fourth-order valence-electron chi connectivity index (χ4n) is 1.70. The Bertz CT molecular complexity index is 108. The summed E-state index contributed by atoms with van der Waals surface area (Å²) >= 11 is 3.40. The molecule has 0 unspecified atom stereocenters. The van der Waals surface area contributed by atoms with Crippen molar-refractivity contribution >= 4 is 15.9 Å². The highest BCUT2D eigenvalue weighted by Crippen LogP contribution is 2.25. The molecule has 12 heavy (non-hydrogen) atoms. The van der Waals surface area contributed by atoms with Gasteiger partial charge < -0.3 is 4.74 Å². The maximum absolute atomic E-state index is 5.74. The second-order valence-corrected chi connectivity index (χ2v) is 4.59. The fourth-order valence-corrected chi connectivity index (χ4v) is 1.93. The first-order valence-corrected chi connectivity index (χ1v) is 6.12. The largest absolute Gasteiger partial charge is 0.378 e. The molecular formula is C10H19BrO. The van der Waals surface area contributed by atoms with Crippen molar-refractivity contribution in [3.8, 4) is 0 Å². The van der Waals surface area contributed by atoms with Crippen molar-refractivity contribution in [2.24, 2.45) is 5.92 Å². The summed E-state index contributed by atoms with van der Waals surface area (Å²) in [7, 11) is 0. The van der Waals surface area contributed by atoms with Gasteiger partial charge in [-0.15, -0.1) is 0 Å². The molecule has 0 aromatic rings. The van der Waals surface area contributed by atoms with Crippen LogP contribution >= 0.6 is 15.9 Å². The molecule has 0 saturated heterocycles. The molecule has 0 heterocycles. The van der Waals surface area contributed by atoms with Crippen LogP contribution in [0.5, 0.6) is 0 Å². The highest BCUT2D eigenvalue weighted by molar-refractivity contribution is 9.09. The summed E-state index contributed by atoms with van der Waals surface area (Å²) in [5, 5.41) is 1.07. The lowest BCUT2D eigenvalue weighted by atomic mass is 9.89. The second-order valence-electron chi connectivity index (χ2n) is 3.80. The third-order valence-corrected chi connectivity index (χ3v) is 3.16. The van der Waals surface area contributed by atoms with Crippen LogP contribution in [0.25, 0.3) is 0 Å². The number of ether oxygens (including phenoxy) is 1. The highest BCUT2D eigenvalue weighted by Gasteiger charge is 2.17. The Morgan fingerprint density at radius 2 is 1.92 bits per heavy atom. The van der Waals surface area contributed by atoms with Gasteiger partial charge in [0.25, 0.3) is 0 Å². The Labute approximate surface area is 84.0 Å². The average Bonchev–Trinajstić information content (AvgIpc) is 2.09. The van der Waals surface area contributed by atoms with E-state index in [1.165, 1.54) is 25.7 Å². The molecule has 0 atom stereocenters. The summed E-state index contributed by atoms with van der Waals surface area (Å²) < 4.78 is 5.74. The van der Waals surface area contributed by atoms with Crippen molar-refractivity contribution in [1.29, 1.82) is 0 Å². The maximum Gasteiger partial charge on any atom is 0.0575 e. The number of hydrogen-bond donors (Lipinski definition) is 0. The van der Waals surface area contributed by atoms with Crippen LogP contribution in [0.1, 0.15) is 39.0 Å². The molecule has 0 aliphatic heterocycles. The van der Waals surface area contributed by atoms with Crippen molar-refractivity contribution in [2.75, 3.05) is 11.9 Å². The van der Waals surface area contributed by atoms with Crippen LogP contribution in [0.4, 0.5) is 0 Å². The summed E-state index contributed by atoms with van der Waals surface area (Å²) in [6.45, 7) is 3.28. The van der Waals surface area contributed by atoms with Crippen LogP contribution in [0, 0.1) is 5.92 Å². The van der Waals surface area contributed by atoms with Crippen LogP contribution in [-0.4, -0.2) is 18.0 Å². The van der Waals surface area contributed by atoms with Gasteiger partial charge in [-0.3, -0.25) is 0 Å². The predicted octanol–water partition coefficient (Wildman–Crippen LogP) is 3.37. The second kappa shape index (κ2) is 5.98. The summed E-state index contributed by atoms with van der Waals surface area (Å²) in [5.41, 5.74) is 0. The molecule has 1 saturated carbocycles. The van der Waals surface area contributed by atoms with E-state index in [-0.39, 0.29) is 0 Å². The normalized spacial score (nSPS) is 30.5. The highest BCUT2D eigenvalue weighted by atomic mass is 79.9. The van der Waals surface area contributed by atoms with Crippen molar-refractivity contribution in [2.45, 2.75) is 45.1 Å². The molecule has 0 radical (unpaired) electrons. The van der Waals surface area contributed by atoms with E-state index in [0.29, 0.717) is 6.10 Å². The van der Waals surface area contributed by atoms with Gasteiger partial charge in [0.1, 0.15) is 0 Å². The van der Waals surface area contributed by atoms with E-state index in [4.69, 9.17) is 4.74 Å². The van der Waals surface area contributed by atoms with Gasteiger partial charge in [-0.25, -0.2) is 0 Å². The fraction of sp³-hybridized carbons (Fsp3) is 1.00. The van der Waals surface area contributed by atoms with Gasteiger partial charge in [-0.1, -0.05) is 22.9 Å². The molecule has 0 aromatic heterocycles. The Hall–Kier alpha value is 0.440. The lowest BCUT2D eigenvalue weighted by Crippen LogP contribution is -2.20. The van der Waals surface area contributed by atoms with Crippen molar-refractivity contribution in [3.05, 3.63) is 0 Å². The first kappa shape index (κ1) is 10.5. The van der Waals surface area contributed by atoms with E-state index in [1.54, 1.807) is 0 Å². The summed E-state index contributed by atoms with van der Waals surface area (Å²) in [5.74, 6) is 0.932. The monoisotopic (exact) mass is 234 g/mol. The van der Waals surface area contributed by atoms with E-state index in [2.05, 4.69) is 22.9 Å². The molecule has 1 nitrogen and oxygen atoms in total. The molecule has 1 aliphatic rings. The number of halogens is 1. The molecule has 0 amide bonds. The number of alkyl halides is 1. The molecule has 1 aliphatic carbocycles. The topological polar surface area (TPSA) is 9.23 Å². The SMILES string of the molecule is CC1CCC(OCCCBr)CC1. The lowest BCUT2D eigenvalue weighted by molar-refractivity contribution is 0.0207. The molecule has 0 aromatic carbocycles. The summed E-state index contributed by atoms with van der Waals surface area (Å²) in [6.07, 6.45) is 7.00. The third kappa shape index (κ3) is 3.90. The minimum absolute atomic E-state index is 0.570. The van der Waals surface area contributed by atoms with Crippen LogP contribution < -0.4 is 0 Å². The van der Waals surface area contributed by atoms with Gasteiger partial charge in [-0.05, 0) is 38.0 Å². The number of rotatable bonds is 4. The van der Waals surface area contributed by atoms with Gasteiger partial charge in [0.2, 0.25) is 0 Å². The van der Waals surface area contributed by atoms with Gasteiger partial charge in [0.05, 0.1) is 6.10 Å². The molecule has 1 rings (SSSR count). The van der Waals surface area contributed by atoms with Crippen LogP contribution in [-0.2, 0) is 4.74 Å². The predicted molar refractivity (Wildman–Crippen MR) is 55.8 cm³/mol. The summed E-state index contributed by atoms with van der Waals surface area (Å²) in [4.78, 5) is 0. The van der Waals surface area contributed by atoms with Gasteiger partial charge in [-0.2, -0.15) is 0 Å². The standard InChI is InChI=1S/C10H19BrO/c1-9-3-5-10(6-4-9)12-8-2-7-11/h9-10H,2-8H2,1H3. The lowest BCUT2D eigenvalue weighted by Gasteiger charge is -2.26. The van der Waals surface area contributed by atoms with Gasteiger partial charge >= 0.3 is 0 Å². The van der Waals surface area contributed by atoms with Crippen molar-refractivity contribution < 1.29 is 4.74 Å². The average molecular weight is 235 g/mol. The van der Waals surface area contributed by atoms with E-state index < -0.39 is 0 Å². The van der Waals surface area contributed by atoms with E-state index in [1.807, 2.05) is 0 Å². The minimum Gasteiger partial charge on any atom is -0.378 e. The van der Waals surface area contributed by atoms with E-state index in [9.17, 15) is 0 Å². The zero-order chi connectivity index (χ0) is 8.81. The Morgan fingerprint density at radius 1 is 1.25 bits per heavy atom. The zero-order valence-corrected chi connectivity index (χ0v) is 9.48. The molecule has 0 spiro atoms. The molecule has 72 valence electrons. The first-order valence-electron chi connectivity index (χ1n) is 5.00. The first-order chi connectivity index (χ1) is 5.83. The van der Waals surface area contributed by atoms with E-state index >= 15 is 0 Å². The van der Waals surface area contributed by atoms with Gasteiger partial charge in [0, 0.05) is 11.9 Å². The third-order valence-electron chi connectivity index (χ3n) is 2.59. The van der Waals surface area contributed by atoms with E-state index in [0.717, 1.165) is 24.3 Å². The quantitative estimate of drug-likeness (QED) is 0.536. The van der Waals surface area contributed by atoms with Crippen molar-refractivity contribution in [1.82, 2.24) is 0 Å². The smallest absolute Gasteiger partial charge is 0.0575 e. The summed E-state index contributed by atoms with van der Waals surface area (Å²) in [6, 6.07) is 0. The molecule has 0 N–H and O–H groups in total. The van der Waals surface area contributed by atoms with Gasteiger partial charge in [0.15, 0.2) is 0 Å². The maximum atomic E-state index is 5.74. The molecule has 0 bridgehead atoms. The minimum atomic E-state index is 0.570. The zero-order valence-electron chi connectivity index (χ0n) is 7.89. The molecule has 1 fully saturated rings.